The van der Waals surface area contributed by atoms with Crippen molar-refractivity contribution >= 4 is 21.7 Å². The molecule has 1 N–H and O–H groups in total. The molecule has 0 bridgehead atoms. The lowest BCUT2D eigenvalue weighted by Gasteiger charge is -2.29. The summed E-state index contributed by atoms with van der Waals surface area (Å²) < 4.78 is 11.7. The van der Waals surface area contributed by atoms with Crippen molar-refractivity contribution in [2.75, 3.05) is 26.6 Å². The van der Waals surface area contributed by atoms with Crippen LogP contribution in [0.25, 0.3) is 0 Å². The van der Waals surface area contributed by atoms with E-state index >= 15 is 0 Å². The van der Waals surface area contributed by atoms with Crippen LogP contribution in [0.4, 0.5) is 5.82 Å². The molecule has 0 amide bonds. The standard InChI is InChI=1S/C13H22BrN3O2/c1-6-13(7-2,19-5)12-16-9(8-18-4)10(14)11(15-3)17-12/h6-8H2,1-5H3,(H,15,16,17). The van der Waals surface area contributed by atoms with E-state index in [0.29, 0.717) is 12.4 Å². The molecule has 0 saturated carbocycles. The average Bonchev–Trinajstić information content (AvgIpc) is 2.44. The Kier molecular flexibility index (Phi) is 6.16. The van der Waals surface area contributed by atoms with Gasteiger partial charge in [-0.1, -0.05) is 13.8 Å². The second kappa shape index (κ2) is 7.17. The predicted molar refractivity (Wildman–Crippen MR) is 79.3 cm³/mol. The third-order valence-corrected chi connectivity index (χ3v) is 4.21. The first-order valence-corrected chi connectivity index (χ1v) is 7.16. The van der Waals surface area contributed by atoms with Gasteiger partial charge in [-0.15, -0.1) is 0 Å². The van der Waals surface area contributed by atoms with Crippen LogP contribution in [0.15, 0.2) is 4.47 Å². The smallest absolute Gasteiger partial charge is 0.162 e. The maximum absolute atomic E-state index is 5.69. The van der Waals surface area contributed by atoms with E-state index < -0.39 is 5.60 Å². The number of aromatic nitrogens is 2. The Bertz CT molecular complexity index is 414. The van der Waals surface area contributed by atoms with Crippen LogP contribution >= 0.6 is 15.9 Å². The SMILES string of the molecule is CCC(CC)(OC)c1nc(COC)c(Br)c(NC)n1. The van der Waals surface area contributed by atoms with Gasteiger partial charge in [-0.05, 0) is 28.8 Å². The highest BCUT2D eigenvalue weighted by atomic mass is 79.9. The summed E-state index contributed by atoms with van der Waals surface area (Å²) >= 11 is 3.50. The molecule has 0 radical (unpaired) electrons. The summed E-state index contributed by atoms with van der Waals surface area (Å²) in [4.78, 5) is 9.18. The van der Waals surface area contributed by atoms with Crippen molar-refractivity contribution in [1.29, 1.82) is 0 Å². The van der Waals surface area contributed by atoms with Gasteiger partial charge in [0.25, 0.3) is 0 Å². The fourth-order valence-electron chi connectivity index (χ4n) is 2.04. The van der Waals surface area contributed by atoms with E-state index in [0.717, 1.165) is 28.8 Å². The molecule has 19 heavy (non-hydrogen) atoms. The molecule has 0 fully saturated rings. The van der Waals surface area contributed by atoms with Gasteiger partial charge in [0.1, 0.15) is 11.4 Å². The molecule has 1 aromatic rings. The molecule has 1 rings (SSSR count). The summed E-state index contributed by atoms with van der Waals surface area (Å²) in [5.74, 6) is 1.44. The van der Waals surface area contributed by atoms with Crippen LogP contribution in [0.3, 0.4) is 0 Å². The molecule has 0 aliphatic carbocycles. The van der Waals surface area contributed by atoms with Crippen LogP contribution in [-0.4, -0.2) is 31.2 Å². The summed E-state index contributed by atoms with van der Waals surface area (Å²) in [6.07, 6.45) is 1.63. The fraction of sp³-hybridized carbons (Fsp3) is 0.692. The molecule has 0 saturated heterocycles. The highest BCUT2D eigenvalue weighted by Crippen LogP contribution is 2.33. The first-order valence-electron chi connectivity index (χ1n) is 6.37. The van der Waals surface area contributed by atoms with Crippen molar-refractivity contribution in [3.05, 3.63) is 16.0 Å². The lowest BCUT2D eigenvalue weighted by Crippen LogP contribution is -2.30. The maximum atomic E-state index is 5.69. The molecular weight excluding hydrogens is 310 g/mol. The van der Waals surface area contributed by atoms with Gasteiger partial charge in [-0.25, -0.2) is 9.97 Å². The zero-order chi connectivity index (χ0) is 14.5. The fourth-order valence-corrected chi connectivity index (χ4v) is 2.53. The Labute approximate surface area is 123 Å². The largest absolute Gasteiger partial charge is 0.378 e. The van der Waals surface area contributed by atoms with Gasteiger partial charge >= 0.3 is 0 Å². The number of nitrogens with one attached hydrogen (secondary N) is 1. The van der Waals surface area contributed by atoms with Gasteiger partial charge in [0, 0.05) is 21.3 Å². The predicted octanol–water partition coefficient (Wildman–Crippen LogP) is 3.09. The van der Waals surface area contributed by atoms with Gasteiger partial charge in [-0.3, -0.25) is 0 Å². The molecule has 0 aliphatic heterocycles. The number of ether oxygens (including phenoxy) is 2. The van der Waals surface area contributed by atoms with E-state index in [1.54, 1.807) is 14.2 Å². The van der Waals surface area contributed by atoms with Crippen molar-refractivity contribution in [2.45, 2.75) is 38.9 Å². The molecule has 0 spiro atoms. The topological polar surface area (TPSA) is 56.3 Å². The maximum Gasteiger partial charge on any atom is 0.162 e. The molecule has 1 aromatic heterocycles. The third-order valence-electron chi connectivity index (χ3n) is 3.38. The molecule has 108 valence electrons. The van der Waals surface area contributed by atoms with Gasteiger partial charge in [0.05, 0.1) is 16.8 Å². The third kappa shape index (κ3) is 3.24. The summed E-state index contributed by atoms with van der Waals surface area (Å²) in [6, 6.07) is 0. The van der Waals surface area contributed by atoms with Crippen LogP contribution in [0.1, 0.15) is 38.2 Å². The van der Waals surface area contributed by atoms with E-state index in [4.69, 9.17) is 9.47 Å². The molecule has 0 aliphatic rings. The molecule has 0 unspecified atom stereocenters. The summed E-state index contributed by atoms with van der Waals surface area (Å²) in [5, 5.41) is 3.07. The number of anilines is 1. The van der Waals surface area contributed by atoms with Crippen LogP contribution < -0.4 is 5.32 Å². The molecule has 1 heterocycles. The molecular formula is C13H22BrN3O2. The monoisotopic (exact) mass is 331 g/mol. The minimum absolute atomic E-state index is 0.429. The van der Waals surface area contributed by atoms with Crippen LogP contribution in [0.5, 0.6) is 0 Å². The first kappa shape index (κ1) is 16.3. The zero-order valence-electron chi connectivity index (χ0n) is 12.2. The average molecular weight is 332 g/mol. The Morgan fingerprint density at radius 3 is 2.26 bits per heavy atom. The number of hydrogen-bond acceptors (Lipinski definition) is 5. The van der Waals surface area contributed by atoms with Crippen molar-refractivity contribution in [3.63, 3.8) is 0 Å². The van der Waals surface area contributed by atoms with Crippen LogP contribution in [-0.2, 0) is 21.7 Å². The van der Waals surface area contributed by atoms with E-state index in [1.165, 1.54) is 0 Å². The zero-order valence-corrected chi connectivity index (χ0v) is 13.8. The first-order chi connectivity index (χ1) is 9.08. The summed E-state index contributed by atoms with van der Waals surface area (Å²) in [7, 11) is 5.18. The molecule has 5 nitrogen and oxygen atoms in total. The van der Waals surface area contributed by atoms with Crippen molar-refractivity contribution < 1.29 is 9.47 Å². The number of halogens is 1. The number of nitrogens with zero attached hydrogens (tertiary/aromatic N) is 2. The highest BCUT2D eigenvalue weighted by Gasteiger charge is 2.32. The molecule has 0 atom stereocenters. The van der Waals surface area contributed by atoms with Crippen LogP contribution in [0.2, 0.25) is 0 Å². The van der Waals surface area contributed by atoms with Gasteiger partial charge in [0.15, 0.2) is 5.82 Å². The number of hydrogen-bond donors (Lipinski definition) is 1. The minimum Gasteiger partial charge on any atom is -0.378 e. The van der Waals surface area contributed by atoms with Crippen molar-refractivity contribution in [3.8, 4) is 0 Å². The van der Waals surface area contributed by atoms with E-state index in [9.17, 15) is 0 Å². The quantitative estimate of drug-likeness (QED) is 0.831. The highest BCUT2D eigenvalue weighted by molar-refractivity contribution is 9.10. The summed E-state index contributed by atoms with van der Waals surface area (Å²) in [5.41, 5.74) is 0.370. The Morgan fingerprint density at radius 1 is 1.21 bits per heavy atom. The summed E-state index contributed by atoms with van der Waals surface area (Å²) in [6.45, 7) is 4.58. The Balaban J connectivity index is 3.38. The Morgan fingerprint density at radius 2 is 1.84 bits per heavy atom. The molecule has 0 aromatic carbocycles. The van der Waals surface area contributed by atoms with Crippen LogP contribution in [0, 0.1) is 0 Å². The van der Waals surface area contributed by atoms with Crippen molar-refractivity contribution in [2.24, 2.45) is 0 Å². The van der Waals surface area contributed by atoms with Gasteiger partial charge in [-0.2, -0.15) is 0 Å². The molecule has 6 heteroatoms. The minimum atomic E-state index is -0.450. The van der Waals surface area contributed by atoms with E-state index in [1.807, 2.05) is 7.05 Å². The van der Waals surface area contributed by atoms with E-state index in [2.05, 4.69) is 45.1 Å². The number of rotatable bonds is 7. The second-order valence-electron chi connectivity index (χ2n) is 4.25. The normalized spacial score (nSPS) is 11.7. The van der Waals surface area contributed by atoms with E-state index in [-0.39, 0.29) is 0 Å². The van der Waals surface area contributed by atoms with Gasteiger partial charge < -0.3 is 14.8 Å². The van der Waals surface area contributed by atoms with Crippen molar-refractivity contribution in [1.82, 2.24) is 9.97 Å². The van der Waals surface area contributed by atoms with Gasteiger partial charge in [0.2, 0.25) is 0 Å². The Hall–Kier alpha value is -0.720. The number of methoxy groups -OCH3 is 2. The lowest BCUT2D eigenvalue weighted by atomic mass is 9.96. The second-order valence-corrected chi connectivity index (χ2v) is 5.04. The lowest BCUT2D eigenvalue weighted by molar-refractivity contribution is -0.0294.